The van der Waals surface area contributed by atoms with Gasteiger partial charge in [-0.25, -0.2) is 4.39 Å². The molecule has 31 heavy (non-hydrogen) atoms. The molecule has 2 aromatic carbocycles. The molecule has 0 aliphatic rings. The van der Waals surface area contributed by atoms with Crippen molar-refractivity contribution in [1.82, 2.24) is 19.9 Å². The van der Waals surface area contributed by atoms with E-state index < -0.39 is 0 Å². The Bertz CT molecular complexity index is 1190. The van der Waals surface area contributed by atoms with Crippen LogP contribution < -0.4 is 10.1 Å². The predicted molar refractivity (Wildman–Crippen MR) is 115 cm³/mol. The van der Waals surface area contributed by atoms with Crippen LogP contribution in [0.5, 0.6) is 5.75 Å². The summed E-state index contributed by atoms with van der Waals surface area (Å²) in [6.07, 6.45) is 3.52. The number of amides is 1. The first-order chi connectivity index (χ1) is 15.1. The molecule has 6 nitrogen and oxygen atoms in total. The summed E-state index contributed by atoms with van der Waals surface area (Å²) in [5.41, 5.74) is 2.08. The van der Waals surface area contributed by atoms with Crippen molar-refractivity contribution in [2.24, 2.45) is 0 Å². The molecule has 1 atom stereocenters. The van der Waals surface area contributed by atoms with Crippen LogP contribution in [-0.4, -0.2) is 20.5 Å². The molecular weight excluding hydrogens is 395 g/mol. The number of aromatic nitrogens is 3. The summed E-state index contributed by atoms with van der Waals surface area (Å²) in [4.78, 5) is 13.0. The zero-order chi connectivity index (χ0) is 21.6. The van der Waals surface area contributed by atoms with E-state index in [2.05, 4.69) is 22.4 Å². The van der Waals surface area contributed by atoms with Gasteiger partial charge in [-0.1, -0.05) is 37.6 Å². The van der Waals surface area contributed by atoms with Gasteiger partial charge in [-0.2, -0.15) is 0 Å². The Morgan fingerprint density at radius 2 is 1.97 bits per heavy atom. The van der Waals surface area contributed by atoms with Gasteiger partial charge in [0.1, 0.15) is 18.2 Å². The summed E-state index contributed by atoms with van der Waals surface area (Å²) in [5, 5.41) is 11.6. The zero-order valence-corrected chi connectivity index (χ0v) is 17.2. The minimum absolute atomic E-state index is 0.196. The number of hydrogen-bond donors (Lipinski definition) is 1. The van der Waals surface area contributed by atoms with Crippen LogP contribution in [0, 0.1) is 5.82 Å². The first kappa shape index (κ1) is 20.5. The molecule has 158 valence electrons. The van der Waals surface area contributed by atoms with Gasteiger partial charge >= 0.3 is 0 Å². The Balaban J connectivity index is 1.48. The smallest absolute Gasteiger partial charge is 0.251 e. The predicted octanol–water partition coefficient (Wildman–Crippen LogP) is 4.72. The van der Waals surface area contributed by atoms with Crippen molar-refractivity contribution in [2.45, 2.75) is 32.4 Å². The second kappa shape index (κ2) is 9.38. The van der Waals surface area contributed by atoms with Crippen LogP contribution in [0.15, 0.2) is 72.9 Å². The largest absolute Gasteiger partial charge is 0.489 e. The highest BCUT2D eigenvalue weighted by Gasteiger charge is 2.20. The Morgan fingerprint density at radius 3 is 2.81 bits per heavy atom. The number of fused-ring (bicyclic) bond motifs is 1. The minimum atomic E-state index is -0.353. The van der Waals surface area contributed by atoms with E-state index in [-0.39, 0.29) is 24.4 Å². The van der Waals surface area contributed by atoms with Crippen LogP contribution in [0.3, 0.4) is 0 Å². The molecule has 0 bridgehead atoms. The number of halogens is 1. The molecule has 4 aromatic rings. The van der Waals surface area contributed by atoms with E-state index in [9.17, 15) is 9.18 Å². The maximum atomic E-state index is 13.3. The first-order valence-corrected chi connectivity index (χ1v) is 10.2. The van der Waals surface area contributed by atoms with Gasteiger partial charge in [-0.3, -0.25) is 9.20 Å². The zero-order valence-electron chi connectivity index (χ0n) is 17.2. The Hall–Kier alpha value is -3.74. The van der Waals surface area contributed by atoms with Gasteiger partial charge in [0.25, 0.3) is 5.91 Å². The topological polar surface area (TPSA) is 68.5 Å². The molecule has 7 heteroatoms. The van der Waals surface area contributed by atoms with Crippen LogP contribution in [0.2, 0.25) is 0 Å². The first-order valence-electron chi connectivity index (χ1n) is 10.2. The van der Waals surface area contributed by atoms with Gasteiger partial charge in [0.15, 0.2) is 11.5 Å². The van der Waals surface area contributed by atoms with Crippen LogP contribution in [-0.2, 0) is 6.61 Å². The van der Waals surface area contributed by atoms with Gasteiger partial charge in [0, 0.05) is 17.8 Å². The third-order valence-corrected chi connectivity index (χ3v) is 4.93. The molecule has 1 N–H and O–H groups in total. The Labute approximate surface area is 179 Å². The lowest BCUT2D eigenvalue weighted by atomic mass is 10.1. The van der Waals surface area contributed by atoms with Crippen LogP contribution in [0.1, 0.15) is 47.6 Å². The average Bonchev–Trinajstić information content (AvgIpc) is 3.22. The van der Waals surface area contributed by atoms with Gasteiger partial charge in [0.05, 0.1) is 6.04 Å². The van der Waals surface area contributed by atoms with E-state index in [4.69, 9.17) is 4.74 Å². The van der Waals surface area contributed by atoms with Gasteiger partial charge < -0.3 is 10.1 Å². The van der Waals surface area contributed by atoms with E-state index in [0.29, 0.717) is 17.1 Å². The van der Waals surface area contributed by atoms with Gasteiger partial charge in [-0.05, 0) is 48.4 Å². The van der Waals surface area contributed by atoms with Crippen molar-refractivity contribution < 1.29 is 13.9 Å². The number of carbonyl (C=O) groups excluding carboxylic acids is 1. The fourth-order valence-corrected chi connectivity index (χ4v) is 3.42. The highest BCUT2D eigenvalue weighted by atomic mass is 19.1. The molecule has 4 rings (SSSR count). The van der Waals surface area contributed by atoms with Crippen molar-refractivity contribution in [2.75, 3.05) is 0 Å². The van der Waals surface area contributed by atoms with Gasteiger partial charge in [-0.15, -0.1) is 10.2 Å². The third kappa shape index (κ3) is 4.88. The quantitative estimate of drug-likeness (QED) is 0.450. The van der Waals surface area contributed by atoms with Crippen molar-refractivity contribution in [1.29, 1.82) is 0 Å². The van der Waals surface area contributed by atoms with E-state index in [1.54, 1.807) is 30.3 Å². The average molecular weight is 418 g/mol. The van der Waals surface area contributed by atoms with Crippen LogP contribution in [0.4, 0.5) is 4.39 Å². The van der Waals surface area contributed by atoms with Crippen molar-refractivity contribution in [3.63, 3.8) is 0 Å². The number of carbonyl (C=O) groups is 1. The number of ether oxygens (including phenoxy) is 1. The van der Waals surface area contributed by atoms with Crippen molar-refractivity contribution in [3.8, 4) is 5.75 Å². The molecule has 2 heterocycles. The minimum Gasteiger partial charge on any atom is -0.489 e. The normalized spacial score (nSPS) is 11.9. The molecule has 0 spiro atoms. The fourth-order valence-electron chi connectivity index (χ4n) is 3.42. The fraction of sp³-hybridized carbons (Fsp3) is 0.208. The van der Waals surface area contributed by atoms with Gasteiger partial charge in [0.2, 0.25) is 0 Å². The molecular formula is C24H23FN4O2. The molecule has 1 unspecified atom stereocenters. The molecule has 0 saturated carbocycles. The number of benzene rings is 2. The molecule has 0 aliphatic heterocycles. The molecule has 0 aliphatic carbocycles. The molecule has 1 amide bonds. The summed E-state index contributed by atoms with van der Waals surface area (Å²) >= 11 is 0. The second-order valence-corrected chi connectivity index (χ2v) is 7.25. The van der Waals surface area contributed by atoms with E-state index >= 15 is 0 Å². The Kier molecular flexibility index (Phi) is 6.21. The highest BCUT2D eigenvalue weighted by molar-refractivity contribution is 5.94. The van der Waals surface area contributed by atoms with E-state index in [1.807, 2.05) is 34.9 Å². The number of pyridine rings is 1. The summed E-state index contributed by atoms with van der Waals surface area (Å²) in [6, 6.07) is 18.6. The van der Waals surface area contributed by atoms with Crippen molar-refractivity contribution in [3.05, 3.63) is 95.7 Å². The third-order valence-electron chi connectivity index (χ3n) is 4.93. The van der Waals surface area contributed by atoms with Crippen molar-refractivity contribution >= 4 is 11.6 Å². The maximum Gasteiger partial charge on any atom is 0.251 e. The standard InChI is InChI=1S/C24H23FN4O2/c1-2-7-21(23-28-27-22-12-3-4-13-29(22)23)26-24(30)18-9-5-8-17(14-18)16-31-20-11-6-10-19(25)15-20/h3-6,8-15,21H,2,7,16H2,1H3,(H,26,30). The molecule has 0 radical (unpaired) electrons. The number of rotatable bonds is 8. The number of hydrogen-bond acceptors (Lipinski definition) is 4. The second-order valence-electron chi connectivity index (χ2n) is 7.25. The van der Waals surface area contributed by atoms with Crippen LogP contribution in [0.25, 0.3) is 5.65 Å². The summed E-state index contributed by atoms with van der Waals surface area (Å²) in [5.74, 6) is 0.597. The molecule has 0 saturated heterocycles. The lowest BCUT2D eigenvalue weighted by Crippen LogP contribution is -2.30. The monoisotopic (exact) mass is 418 g/mol. The molecule has 2 aromatic heterocycles. The molecule has 0 fully saturated rings. The van der Waals surface area contributed by atoms with E-state index in [0.717, 1.165) is 24.1 Å². The lowest BCUT2D eigenvalue weighted by Gasteiger charge is -2.17. The summed E-state index contributed by atoms with van der Waals surface area (Å²) < 4.78 is 20.9. The summed E-state index contributed by atoms with van der Waals surface area (Å²) in [6.45, 7) is 2.30. The SMILES string of the molecule is CCCC(NC(=O)c1cccc(COc2cccc(F)c2)c1)c1nnc2ccccn12. The highest BCUT2D eigenvalue weighted by Crippen LogP contribution is 2.19. The maximum absolute atomic E-state index is 13.3. The van der Waals surface area contributed by atoms with Crippen LogP contribution >= 0.6 is 0 Å². The number of nitrogens with zero attached hydrogens (tertiary/aromatic N) is 3. The summed E-state index contributed by atoms with van der Waals surface area (Å²) in [7, 11) is 0. The number of nitrogens with one attached hydrogen (secondary N) is 1. The van der Waals surface area contributed by atoms with E-state index in [1.165, 1.54) is 12.1 Å². The lowest BCUT2D eigenvalue weighted by molar-refractivity contribution is 0.0932. The Morgan fingerprint density at radius 1 is 1.10 bits per heavy atom.